The number of carbonyl (C=O) groups excluding carboxylic acids is 1. The van der Waals surface area contributed by atoms with Gasteiger partial charge in [0.05, 0.1) is 5.69 Å². The molecule has 2 aromatic rings. The van der Waals surface area contributed by atoms with Crippen molar-refractivity contribution in [1.29, 1.82) is 5.41 Å². The van der Waals surface area contributed by atoms with Crippen molar-refractivity contribution in [3.05, 3.63) is 59.7 Å². The Balaban J connectivity index is 1.45. The second-order valence-corrected chi connectivity index (χ2v) is 11.1. The molecule has 1 aliphatic carbocycles. The summed E-state index contributed by atoms with van der Waals surface area (Å²) in [5.41, 5.74) is 8.38. The summed E-state index contributed by atoms with van der Waals surface area (Å²) in [5, 5.41) is 7.50. The summed E-state index contributed by atoms with van der Waals surface area (Å²) in [7, 11) is 0. The number of hydrogen-bond donors (Lipinski definition) is 2. The Labute approximate surface area is 201 Å². The highest BCUT2D eigenvalue weighted by Crippen LogP contribution is 2.49. The van der Waals surface area contributed by atoms with E-state index in [1.54, 1.807) is 11.8 Å². The average Bonchev–Trinajstić information content (AvgIpc) is 3.27. The molecule has 3 N–H and O–H groups in total. The van der Waals surface area contributed by atoms with Gasteiger partial charge in [-0.2, -0.15) is 0 Å². The maximum atomic E-state index is 14.0. The van der Waals surface area contributed by atoms with Gasteiger partial charge < -0.3 is 10.6 Å². The zero-order chi connectivity index (χ0) is 23.1. The van der Waals surface area contributed by atoms with Crippen molar-refractivity contribution in [2.75, 3.05) is 4.90 Å². The molecule has 33 heavy (non-hydrogen) atoms. The van der Waals surface area contributed by atoms with E-state index in [4.69, 9.17) is 11.1 Å². The summed E-state index contributed by atoms with van der Waals surface area (Å²) in [6.45, 7) is 4.75. The predicted molar refractivity (Wildman–Crippen MR) is 136 cm³/mol. The number of benzene rings is 2. The molecule has 3 unspecified atom stereocenters. The third kappa shape index (κ3) is 4.19. The maximum absolute atomic E-state index is 14.0. The van der Waals surface area contributed by atoms with E-state index in [1.165, 1.54) is 19.3 Å². The molecular formula is C27H34N4OS. The first-order valence-electron chi connectivity index (χ1n) is 12.2. The monoisotopic (exact) mass is 462 g/mol. The number of fused-ring (bicyclic) bond motifs is 1. The van der Waals surface area contributed by atoms with Crippen molar-refractivity contribution in [1.82, 2.24) is 4.90 Å². The first-order valence-corrected chi connectivity index (χ1v) is 13.1. The number of nitrogens with two attached hydrogens (primary N) is 1. The topological polar surface area (TPSA) is 73.4 Å². The quantitative estimate of drug-likeness (QED) is 0.475. The van der Waals surface area contributed by atoms with E-state index in [0.717, 1.165) is 35.4 Å². The summed E-state index contributed by atoms with van der Waals surface area (Å²) in [6.07, 6.45) is 7.13. The molecule has 0 radical (unpaired) electrons. The third-order valence-electron chi connectivity index (χ3n) is 7.76. The number of para-hydroxylation sites is 1. The van der Waals surface area contributed by atoms with E-state index in [1.807, 2.05) is 30.3 Å². The molecule has 174 valence electrons. The van der Waals surface area contributed by atoms with Gasteiger partial charge >= 0.3 is 0 Å². The first-order chi connectivity index (χ1) is 15.9. The van der Waals surface area contributed by atoms with Crippen LogP contribution >= 0.6 is 11.8 Å². The Bertz CT molecular complexity index is 1050. The van der Waals surface area contributed by atoms with Crippen LogP contribution in [0.1, 0.15) is 68.7 Å². The highest BCUT2D eigenvalue weighted by molar-refractivity contribution is 8.00. The molecule has 6 heteroatoms. The van der Waals surface area contributed by atoms with Gasteiger partial charge in [0.15, 0.2) is 0 Å². The minimum Gasteiger partial charge on any atom is -0.384 e. The molecule has 1 saturated carbocycles. The number of rotatable bonds is 4. The van der Waals surface area contributed by atoms with E-state index in [-0.39, 0.29) is 23.0 Å². The summed E-state index contributed by atoms with van der Waals surface area (Å²) >= 11 is 1.62. The molecule has 2 heterocycles. The van der Waals surface area contributed by atoms with Crippen LogP contribution in [0.5, 0.6) is 0 Å². The van der Waals surface area contributed by atoms with Crippen LogP contribution in [-0.4, -0.2) is 40.8 Å². The van der Waals surface area contributed by atoms with Crippen LogP contribution in [0.15, 0.2) is 53.4 Å². The molecule has 0 bridgehead atoms. The molecule has 2 fully saturated rings. The highest BCUT2D eigenvalue weighted by atomic mass is 32.2. The number of nitrogens with one attached hydrogen (secondary N) is 1. The molecule has 0 aromatic heterocycles. The fourth-order valence-corrected chi connectivity index (χ4v) is 7.43. The Morgan fingerprint density at radius 3 is 2.48 bits per heavy atom. The Morgan fingerprint density at radius 1 is 1.00 bits per heavy atom. The van der Waals surface area contributed by atoms with E-state index in [9.17, 15) is 4.79 Å². The lowest BCUT2D eigenvalue weighted by Crippen LogP contribution is -2.50. The standard InChI is InChI=1S/C27H34N4OS/c1-17-7-5-8-18(2)30(17)21-13-14-22(16-21)31-23-11-3-4-12-24(23)33-25(27(31)32)19-9-6-10-20(15-19)26(28)29/h3-4,6,9-12,15,17-18,21-22,25H,5,7-8,13-14,16H2,1-2H3,(H3,28,29)/t17-,18+,21?,22?,25?. The van der Waals surface area contributed by atoms with Crippen molar-refractivity contribution in [2.24, 2.45) is 5.73 Å². The van der Waals surface area contributed by atoms with Crippen LogP contribution in [0.3, 0.4) is 0 Å². The lowest BCUT2D eigenvalue weighted by Gasteiger charge is -2.44. The summed E-state index contributed by atoms with van der Waals surface area (Å²) in [4.78, 5) is 20.0. The molecule has 2 aliphatic heterocycles. The fraction of sp³-hybridized carbons (Fsp3) is 0.481. The number of anilines is 1. The molecule has 1 saturated heterocycles. The van der Waals surface area contributed by atoms with Crippen molar-refractivity contribution >= 4 is 29.2 Å². The van der Waals surface area contributed by atoms with Crippen LogP contribution in [0.25, 0.3) is 0 Å². The minimum absolute atomic E-state index is 0.0331. The Morgan fingerprint density at radius 2 is 1.73 bits per heavy atom. The number of thioether (sulfide) groups is 1. The fourth-order valence-electron chi connectivity index (χ4n) is 6.24. The van der Waals surface area contributed by atoms with Crippen LogP contribution in [0, 0.1) is 5.41 Å². The normalized spacial score (nSPS) is 30.3. The molecule has 3 aliphatic rings. The van der Waals surface area contributed by atoms with Crippen molar-refractivity contribution in [3.63, 3.8) is 0 Å². The number of piperidine rings is 1. The SMILES string of the molecule is C[C@@H]1CCC[C@H](C)N1C1CCC(N2C(=O)C(c3cccc(C(=N)N)c3)Sc3ccccc32)C1. The number of likely N-dealkylation sites (tertiary alicyclic amines) is 1. The van der Waals surface area contributed by atoms with Crippen molar-refractivity contribution in [3.8, 4) is 0 Å². The predicted octanol–water partition coefficient (Wildman–Crippen LogP) is 5.33. The molecule has 0 spiro atoms. The molecule has 5 rings (SSSR count). The van der Waals surface area contributed by atoms with Crippen LogP contribution in [-0.2, 0) is 4.79 Å². The van der Waals surface area contributed by atoms with Gasteiger partial charge in [-0.25, -0.2) is 0 Å². The zero-order valence-corrected chi connectivity index (χ0v) is 20.4. The van der Waals surface area contributed by atoms with Crippen molar-refractivity contribution in [2.45, 2.75) is 86.7 Å². The minimum atomic E-state index is -0.314. The maximum Gasteiger partial charge on any atom is 0.245 e. The van der Waals surface area contributed by atoms with Gasteiger partial charge in [0, 0.05) is 34.6 Å². The largest absolute Gasteiger partial charge is 0.384 e. The number of amidine groups is 1. The van der Waals surface area contributed by atoms with Crippen molar-refractivity contribution < 1.29 is 4.79 Å². The van der Waals surface area contributed by atoms with Gasteiger partial charge in [0.25, 0.3) is 0 Å². The molecular weight excluding hydrogens is 428 g/mol. The summed E-state index contributed by atoms with van der Waals surface area (Å²) in [6, 6.07) is 18.0. The smallest absolute Gasteiger partial charge is 0.245 e. The van der Waals surface area contributed by atoms with Crippen LogP contribution < -0.4 is 10.6 Å². The number of nitrogen functional groups attached to an aromatic ring is 1. The first kappa shape index (κ1) is 22.5. The van der Waals surface area contributed by atoms with E-state index in [0.29, 0.717) is 23.7 Å². The number of carbonyl (C=O) groups is 1. The Hall–Kier alpha value is -2.31. The van der Waals surface area contributed by atoms with E-state index < -0.39 is 0 Å². The van der Waals surface area contributed by atoms with Gasteiger partial charge in [-0.1, -0.05) is 36.8 Å². The van der Waals surface area contributed by atoms with Crippen LogP contribution in [0.2, 0.25) is 0 Å². The van der Waals surface area contributed by atoms with Crippen LogP contribution in [0.4, 0.5) is 5.69 Å². The van der Waals surface area contributed by atoms with Gasteiger partial charge in [0.2, 0.25) is 5.91 Å². The Kier molecular flexibility index (Phi) is 6.23. The highest BCUT2D eigenvalue weighted by Gasteiger charge is 2.43. The van der Waals surface area contributed by atoms with Gasteiger partial charge in [-0.15, -0.1) is 11.8 Å². The molecule has 5 nitrogen and oxygen atoms in total. The molecule has 1 amide bonds. The van der Waals surface area contributed by atoms with E-state index >= 15 is 0 Å². The van der Waals surface area contributed by atoms with Gasteiger partial charge in [-0.3, -0.25) is 15.1 Å². The summed E-state index contributed by atoms with van der Waals surface area (Å²) < 4.78 is 0. The molecule has 2 aromatic carbocycles. The summed E-state index contributed by atoms with van der Waals surface area (Å²) in [5.74, 6) is 0.190. The average molecular weight is 463 g/mol. The van der Waals surface area contributed by atoms with E-state index in [2.05, 4.69) is 41.8 Å². The second-order valence-electron chi connectivity index (χ2n) is 9.91. The molecule has 5 atom stereocenters. The lowest BCUT2D eigenvalue weighted by molar-refractivity contribution is -0.118. The van der Waals surface area contributed by atoms with Gasteiger partial charge in [0.1, 0.15) is 11.1 Å². The lowest BCUT2D eigenvalue weighted by atomic mass is 9.94. The second kappa shape index (κ2) is 9.15. The van der Waals surface area contributed by atoms with Gasteiger partial charge in [-0.05, 0) is 69.7 Å². The number of amides is 1. The number of hydrogen-bond acceptors (Lipinski definition) is 4. The third-order valence-corrected chi connectivity index (χ3v) is 9.07. The number of nitrogens with zero attached hydrogens (tertiary/aromatic N) is 2. The zero-order valence-electron chi connectivity index (χ0n) is 19.5.